The average molecular weight is 372 g/mol. The van der Waals surface area contributed by atoms with Crippen LogP contribution < -0.4 is 0 Å². The molecule has 0 spiro atoms. The number of carbonyl (C=O) groups is 2. The molecule has 3 nitrogen and oxygen atoms in total. The van der Waals surface area contributed by atoms with Gasteiger partial charge in [0.25, 0.3) is 0 Å². The van der Waals surface area contributed by atoms with E-state index in [9.17, 15) is 9.59 Å². The van der Waals surface area contributed by atoms with Gasteiger partial charge in [0.15, 0.2) is 5.78 Å². The van der Waals surface area contributed by atoms with Crippen LogP contribution in [-0.4, -0.2) is 11.8 Å². The molecule has 19 heavy (non-hydrogen) atoms. The first-order valence-corrected chi connectivity index (χ1v) is 7.47. The van der Waals surface area contributed by atoms with Crippen molar-refractivity contribution in [2.24, 2.45) is 11.3 Å². The Bertz CT molecular complexity index is 522. The maximum atomic E-state index is 12.5. The Kier molecular flexibility index (Phi) is 3.99. The molecule has 102 valence electrons. The summed E-state index contributed by atoms with van der Waals surface area (Å²) in [6.07, 6.45) is 0.219. The van der Waals surface area contributed by atoms with Crippen LogP contribution in [0.3, 0.4) is 0 Å². The molecule has 0 bridgehead atoms. The van der Waals surface area contributed by atoms with Crippen molar-refractivity contribution in [2.45, 2.75) is 33.3 Å². The van der Waals surface area contributed by atoms with E-state index in [1.807, 2.05) is 31.2 Å². The molecule has 1 aromatic rings. The molecule has 0 N–H and O–H groups in total. The van der Waals surface area contributed by atoms with Crippen molar-refractivity contribution in [3.05, 3.63) is 33.4 Å². The molecule has 2 atom stereocenters. The van der Waals surface area contributed by atoms with E-state index in [4.69, 9.17) is 4.74 Å². The standard InChI is InChI=1S/C15H17IO3/c1-4-9-12(10-7-5-6-8-11(10)16)19-14(18)15(2,3)13(9)17/h5-9,12H,4H2,1-3H3/t9-,12-/m0/s1. The normalized spacial score (nSPS) is 26.1. The second-order valence-electron chi connectivity index (χ2n) is 5.35. The molecule has 0 radical (unpaired) electrons. The topological polar surface area (TPSA) is 43.4 Å². The number of ketones is 1. The van der Waals surface area contributed by atoms with Gasteiger partial charge in [0.2, 0.25) is 0 Å². The number of hydrogen-bond donors (Lipinski definition) is 0. The summed E-state index contributed by atoms with van der Waals surface area (Å²) in [6, 6.07) is 7.72. The van der Waals surface area contributed by atoms with E-state index in [1.54, 1.807) is 13.8 Å². The molecule has 0 aliphatic carbocycles. The van der Waals surface area contributed by atoms with Gasteiger partial charge in [-0.05, 0) is 48.9 Å². The lowest BCUT2D eigenvalue weighted by atomic mass is 9.74. The number of rotatable bonds is 2. The third-order valence-corrected chi connectivity index (χ3v) is 4.70. The van der Waals surface area contributed by atoms with Crippen LogP contribution in [0.15, 0.2) is 24.3 Å². The van der Waals surface area contributed by atoms with Crippen molar-refractivity contribution in [1.82, 2.24) is 0 Å². The molecule has 1 fully saturated rings. The van der Waals surface area contributed by atoms with E-state index in [1.165, 1.54) is 0 Å². The molecule has 1 saturated heterocycles. The zero-order valence-electron chi connectivity index (χ0n) is 11.3. The van der Waals surface area contributed by atoms with Gasteiger partial charge in [0.1, 0.15) is 11.5 Å². The maximum absolute atomic E-state index is 12.5. The van der Waals surface area contributed by atoms with Crippen LogP contribution in [0.25, 0.3) is 0 Å². The minimum absolute atomic E-state index is 0.0177. The van der Waals surface area contributed by atoms with Crippen LogP contribution in [0, 0.1) is 14.9 Å². The number of ether oxygens (including phenoxy) is 1. The first-order chi connectivity index (χ1) is 8.89. The van der Waals surface area contributed by atoms with Gasteiger partial charge in [0, 0.05) is 9.13 Å². The number of Topliss-reactive ketones (excluding diaryl/α,β-unsaturated/α-hetero) is 1. The highest BCUT2D eigenvalue weighted by atomic mass is 127. The third kappa shape index (κ3) is 2.42. The number of hydrogen-bond acceptors (Lipinski definition) is 3. The van der Waals surface area contributed by atoms with Crippen molar-refractivity contribution in [1.29, 1.82) is 0 Å². The third-order valence-electron chi connectivity index (χ3n) is 3.71. The number of halogens is 1. The summed E-state index contributed by atoms with van der Waals surface area (Å²) in [5, 5.41) is 0. The van der Waals surface area contributed by atoms with Gasteiger partial charge in [0.05, 0.1) is 5.92 Å². The minimum atomic E-state index is -1.03. The van der Waals surface area contributed by atoms with Gasteiger partial charge >= 0.3 is 5.97 Å². The Hall–Kier alpha value is -0.910. The molecule has 1 aromatic carbocycles. The second kappa shape index (κ2) is 5.23. The SMILES string of the molecule is CC[C@@H]1C(=O)C(C)(C)C(=O)O[C@@H]1c1ccccc1I. The highest BCUT2D eigenvalue weighted by molar-refractivity contribution is 14.1. The fraction of sp³-hybridized carbons (Fsp3) is 0.467. The average Bonchev–Trinajstić information content (AvgIpc) is 2.37. The quantitative estimate of drug-likeness (QED) is 0.453. The fourth-order valence-electron chi connectivity index (χ4n) is 2.43. The summed E-state index contributed by atoms with van der Waals surface area (Å²) in [5.74, 6) is -0.702. The molecule has 0 unspecified atom stereocenters. The molecule has 0 aromatic heterocycles. The Morgan fingerprint density at radius 2 is 1.89 bits per heavy atom. The summed E-state index contributed by atoms with van der Waals surface area (Å²) in [5.41, 5.74) is -0.107. The highest BCUT2D eigenvalue weighted by Crippen LogP contribution is 2.42. The zero-order valence-corrected chi connectivity index (χ0v) is 13.4. The van der Waals surface area contributed by atoms with E-state index in [2.05, 4.69) is 22.6 Å². The lowest BCUT2D eigenvalue weighted by molar-refractivity contribution is -0.179. The predicted octanol–water partition coefficient (Wildman–Crippen LogP) is 3.51. The van der Waals surface area contributed by atoms with Crippen LogP contribution in [0.1, 0.15) is 38.9 Å². The molecule has 4 heteroatoms. The van der Waals surface area contributed by atoms with Gasteiger partial charge in [-0.25, -0.2) is 0 Å². The number of esters is 1. The van der Waals surface area contributed by atoms with Crippen LogP contribution in [-0.2, 0) is 14.3 Å². The molecule has 1 aliphatic heterocycles. The monoisotopic (exact) mass is 372 g/mol. The predicted molar refractivity (Wildman–Crippen MR) is 80.6 cm³/mol. The summed E-state index contributed by atoms with van der Waals surface area (Å²) in [4.78, 5) is 24.5. The smallest absolute Gasteiger partial charge is 0.319 e. The highest BCUT2D eigenvalue weighted by Gasteiger charge is 2.50. The van der Waals surface area contributed by atoms with E-state index < -0.39 is 17.5 Å². The second-order valence-corrected chi connectivity index (χ2v) is 6.51. The number of cyclic esters (lactones) is 1. The van der Waals surface area contributed by atoms with Crippen molar-refractivity contribution < 1.29 is 14.3 Å². The van der Waals surface area contributed by atoms with Crippen LogP contribution in [0.2, 0.25) is 0 Å². The van der Waals surface area contributed by atoms with Crippen LogP contribution in [0.5, 0.6) is 0 Å². The number of carbonyl (C=O) groups excluding carboxylic acids is 2. The van der Waals surface area contributed by atoms with Gasteiger partial charge in [-0.15, -0.1) is 0 Å². The largest absolute Gasteiger partial charge is 0.456 e. The van der Waals surface area contributed by atoms with Crippen LogP contribution in [0.4, 0.5) is 0 Å². The van der Waals surface area contributed by atoms with E-state index in [-0.39, 0.29) is 11.7 Å². The van der Waals surface area contributed by atoms with Crippen molar-refractivity contribution in [3.8, 4) is 0 Å². The maximum Gasteiger partial charge on any atom is 0.319 e. The van der Waals surface area contributed by atoms with Gasteiger partial charge < -0.3 is 4.74 Å². The fourth-order valence-corrected chi connectivity index (χ4v) is 3.13. The minimum Gasteiger partial charge on any atom is -0.456 e. The summed E-state index contributed by atoms with van der Waals surface area (Å²) in [7, 11) is 0. The van der Waals surface area contributed by atoms with E-state index in [0.717, 1.165) is 9.13 Å². The summed E-state index contributed by atoms with van der Waals surface area (Å²) >= 11 is 2.21. The lowest BCUT2D eigenvalue weighted by Crippen LogP contribution is -2.47. The Labute approximate surface area is 126 Å². The Morgan fingerprint density at radius 1 is 1.26 bits per heavy atom. The molecule has 0 saturated carbocycles. The van der Waals surface area contributed by atoms with E-state index in [0.29, 0.717) is 6.42 Å². The molecular formula is C15H17IO3. The molecule has 0 amide bonds. The van der Waals surface area contributed by atoms with Gasteiger partial charge in [-0.2, -0.15) is 0 Å². The summed E-state index contributed by atoms with van der Waals surface area (Å²) < 4.78 is 6.60. The van der Waals surface area contributed by atoms with Crippen molar-refractivity contribution >= 4 is 34.3 Å². The first-order valence-electron chi connectivity index (χ1n) is 6.39. The molecule has 1 heterocycles. The van der Waals surface area contributed by atoms with Gasteiger partial charge in [-0.3, -0.25) is 9.59 Å². The lowest BCUT2D eigenvalue weighted by Gasteiger charge is -2.38. The molecule has 1 aliphatic rings. The van der Waals surface area contributed by atoms with Gasteiger partial charge in [-0.1, -0.05) is 25.1 Å². The van der Waals surface area contributed by atoms with Crippen molar-refractivity contribution in [2.75, 3.05) is 0 Å². The number of benzene rings is 1. The summed E-state index contributed by atoms with van der Waals surface area (Å²) in [6.45, 7) is 5.25. The molecule has 2 rings (SSSR count). The van der Waals surface area contributed by atoms with Crippen molar-refractivity contribution in [3.63, 3.8) is 0 Å². The zero-order chi connectivity index (χ0) is 14.2. The Balaban J connectivity index is 2.44. The van der Waals surface area contributed by atoms with E-state index >= 15 is 0 Å². The Morgan fingerprint density at radius 3 is 2.47 bits per heavy atom. The van der Waals surface area contributed by atoms with Crippen LogP contribution >= 0.6 is 22.6 Å². The molecular weight excluding hydrogens is 355 g/mol. The first kappa shape index (κ1) is 14.5.